The van der Waals surface area contributed by atoms with Crippen molar-refractivity contribution in [2.75, 3.05) is 37.4 Å². The van der Waals surface area contributed by atoms with Crippen LogP contribution in [0.4, 0.5) is 11.5 Å². The second-order valence-electron chi connectivity index (χ2n) is 6.67. The first-order valence-corrected chi connectivity index (χ1v) is 9.08. The molecule has 0 fully saturated rings. The zero-order valence-corrected chi connectivity index (χ0v) is 16.6. The predicted octanol–water partition coefficient (Wildman–Crippen LogP) is 2.19. The number of aromatic nitrogens is 4. The summed E-state index contributed by atoms with van der Waals surface area (Å²) in [4.78, 5) is 27.0. The number of hydrogen-bond acceptors (Lipinski definition) is 6. The van der Waals surface area contributed by atoms with Crippen LogP contribution >= 0.6 is 0 Å². The lowest BCUT2D eigenvalue weighted by Gasteiger charge is -2.13. The van der Waals surface area contributed by atoms with Gasteiger partial charge in [-0.1, -0.05) is 0 Å². The molecule has 0 aliphatic carbocycles. The molecule has 0 aliphatic heterocycles. The second kappa shape index (κ2) is 8.51. The fraction of sp³-hybridized carbons (Fsp3) is 0.300. The Bertz CT molecular complexity index is 947. The SMILES string of the molecule is Cc1ncn(-c2cc(NCCNC(=O)c3ccc(N(C)C)cc3)ncn2)c1C. The van der Waals surface area contributed by atoms with Crippen molar-refractivity contribution in [3.63, 3.8) is 0 Å². The number of amides is 1. The van der Waals surface area contributed by atoms with Gasteiger partial charge in [-0.3, -0.25) is 9.36 Å². The first-order chi connectivity index (χ1) is 13.5. The van der Waals surface area contributed by atoms with Gasteiger partial charge in [0.25, 0.3) is 5.91 Å². The standard InChI is InChI=1S/C20H25N7O/c1-14-15(2)27(13-25-14)19-11-18(23-12-24-19)21-9-10-22-20(28)16-5-7-17(8-6-16)26(3)4/h5-8,11-13H,9-10H2,1-4H3,(H,22,28)(H,21,23,24). The molecule has 8 heteroatoms. The average molecular weight is 379 g/mol. The number of benzene rings is 1. The van der Waals surface area contributed by atoms with Crippen LogP contribution in [0.3, 0.4) is 0 Å². The average Bonchev–Trinajstić information content (AvgIpc) is 3.04. The molecular weight excluding hydrogens is 354 g/mol. The number of hydrogen-bond donors (Lipinski definition) is 2. The summed E-state index contributed by atoms with van der Waals surface area (Å²) >= 11 is 0. The van der Waals surface area contributed by atoms with E-state index in [-0.39, 0.29) is 5.91 Å². The van der Waals surface area contributed by atoms with E-state index in [0.29, 0.717) is 24.5 Å². The quantitative estimate of drug-likeness (QED) is 0.612. The third-order valence-electron chi connectivity index (χ3n) is 4.51. The number of aryl methyl sites for hydroxylation is 1. The van der Waals surface area contributed by atoms with Crippen LogP contribution in [0.25, 0.3) is 5.82 Å². The predicted molar refractivity (Wildman–Crippen MR) is 110 cm³/mol. The highest BCUT2D eigenvalue weighted by Gasteiger charge is 2.08. The van der Waals surface area contributed by atoms with Gasteiger partial charge in [-0.15, -0.1) is 0 Å². The van der Waals surface area contributed by atoms with Crippen molar-refractivity contribution < 1.29 is 4.79 Å². The normalized spacial score (nSPS) is 10.6. The Kier molecular flexibility index (Phi) is 5.88. The maximum Gasteiger partial charge on any atom is 0.251 e. The van der Waals surface area contributed by atoms with E-state index >= 15 is 0 Å². The fourth-order valence-electron chi connectivity index (χ4n) is 2.68. The summed E-state index contributed by atoms with van der Waals surface area (Å²) in [7, 11) is 3.93. The van der Waals surface area contributed by atoms with Crippen molar-refractivity contribution in [2.24, 2.45) is 0 Å². The van der Waals surface area contributed by atoms with Crippen molar-refractivity contribution >= 4 is 17.4 Å². The third-order valence-corrected chi connectivity index (χ3v) is 4.51. The van der Waals surface area contributed by atoms with Gasteiger partial charge in [0.05, 0.1) is 5.69 Å². The number of carbonyl (C=O) groups excluding carboxylic acids is 1. The van der Waals surface area contributed by atoms with Gasteiger partial charge in [0.15, 0.2) is 0 Å². The zero-order chi connectivity index (χ0) is 20.1. The minimum absolute atomic E-state index is 0.0972. The summed E-state index contributed by atoms with van der Waals surface area (Å²) in [5, 5.41) is 6.11. The van der Waals surface area contributed by atoms with E-state index in [9.17, 15) is 4.79 Å². The molecule has 3 aromatic rings. The lowest BCUT2D eigenvalue weighted by molar-refractivity contribution is 0.0955. The Morgan fingerprint density at radius 1 is 1.07 bits per heavy atom. The monoisotopic (exact) mass is 379 g/mol. The van der Waals surface area contributed by atoms with Gasteiger partial charge >= 0.3 is 0 Å². The van der Waals surface area contributed by atoms with Crippen LogP contribution in [0, 0.1) is 13.8 Å². The van der Waals surface area contributed by atoms with Crippen LogP contribution in [0.1, 0.15) is 21.7 Å². The van der Waals surface area contributed by atoms with Gasteiger partial charge in [-0.2, -0.15) is 0 Å². The van der Waals surface area contributed by atoms with E-state index < -0.39 is 0 Å². The Hall–Kier alpha value is -3.42. The molecule has 1 aromatic carbocycles. The van der Waals surface area contributed by atoms with E-state index in [0.717, 1.165) is 22.9 Å². The Balaban J connectivity index is 1.52. The molecule has 28 heavy (non-hydrogen) atoms. The van der Waals surface area contributed by atoms with E-state index in [1.54, 1.807) is 6.33 Å². The molecule has 3 rings (SSSR count). The molecule has 0 atom stereocenters. The molecule has 0 spiro atoms. The maximum atomic E-state index is 12.2. The highest BCUT2D eigenvalue weighted by atomic mass is 16.1. The fourth-order valence-corrected chi connectivity index (χ4v) is 2.68. The molecule has 0 saturated carbocycles. The topological polar surface area (TPSA) is 88.0 Å². The lowest BCUT2D eigenvalue weighted by Crippen LogP contribution is -2.29. The summed E-state index contributed by atoms with van der Waals surface area (Å²) in [6.45, 7) is 5.00. The summed E-state index contributed by atoms with van der Waals surface area (Å²) in [5.74, 6) is 1.35. The molecule has 146 valence electrons. The van der Waals surface area contributed by atoms with E-state index in [2.05, 4.69) is 25.6 Å². The molecule has 2 aromatic heterocycles. The third kappa shape index (κ3) is 4.46. The van der Waals surface area contributed by atoms with Crippen LogP contribution < -0.4 is 15.5 Å². The van der Waals surface area contributed by atoms with Crippen LogP contribution in [-0.2, 0) is 0 Å². The number of rotatable bonds is 7. The molecule has 1 amide bonds. The smallest absolute Gasteiger partial charge is 0.251 e. The zero-order valence-electron chi connectivity index (χ0n) is 16.6. The Morgan fingerprint density at radius 2 is 1.82 bits per heavy atom. The van der Waals surface area contributed by atoms with Crippen molar-refractivity contribution in [1.29, 1.82) is 0 Å². The van der Waals surface area contributed by atoms with Gasteiger partial charge in [-0.25, -0.2) is 15.0 Å². The molecule has 0 aliphatic rings. The van der Waals surface area contributed by atoms with Crippen molar-refractivity contribution in [3.8, 4) is 5.82 Å². The van der Waals surface area contributed by atoms with Crippen LogP contribution in [0.2, 0.25) is 0 Å². The van der Waals surface area contributed by atoms with Gasteiger partial charge < -0.3 is 15.5 Å². The van der Waals surface area contributed by atoms with Gasteiger partial charge in [0.1, 0.15) is 24.3 Å². The van der Waals surface area contributed by atoms with E-state index in [1.807, 2.05) is 67.7 Å². The molecule has 0 unspecified atom stereocenters. The number of imidazole rings is 1. The van der Waals surface area contributed by atoms with Gasteiger partial charge in [0, 0.05) is 50.2 Å². The highest BCUT2D eigenvalue weighted by Crippen LogP contribution is 2.14. The number of anilines is 2. The van der Waals surface area contributed by atoms with Gasteiger partial charge in [-0.05, 0) is 38.1 Å². The number of nitrogens with one attached hydrogen (secondary N) is 2. The molecule has 2 heterocycles. The number of carbonyl (C=O) groups is 1. The molecule has 8 nitrogen and oxygen atoms in total. The molecule has 2 N–H and O–H groups in total. The molecule has 0 saturated heterocycles. The first kappa shape index (κ1) is 19.3. The summed E-state index contributed by atoms with van der Waals surface area (Å²) in [6.07, 6.45) is 3.26. The number of nitrogens with zero attached hydrogens (tertiary/aromatic N) is 5. The van der Waals surface area contributed by atoms with E-state index in [4.69, 9.17) is 0 Å². The Labute approximate surface area is 164 Å². The van der Waals surface area contributed by atoms with Crippen molar-refractivity contribution in [1.82, 2.24) is 24.8 Å². The summed E-state index contributed by atoms with van der Waals surface area (Å²) in [5.41, 5.74) is 3.70. The highest BCUT2D eigenvalue weighted by molar-refractivity contribution is 5.94. The van der Waals surface area contributed by atoms with E-state index in [1.165, 1.54) is 6.33 Å². The minimum atomic E-state index is -0.0972. The van der Waals surface area contributed by atoms with Crippen LogP contribution in [0.5, 0.6) is 0 Å². The van der Waals surface area contributed by atoms with Gasteiger partial charge in [0.2, 0.25) is 0 Å². The molecule has 0 bridgehead atoms. The minimum Gasteiger partial charge on any atom is -0.378 e. The summed E-state index contributed by atoms with van der Waals surface area (Å²) in [6, 6.07) is 9.36. The Morgan fingerprint density at radius 3 is 2.46 bits per heavy atom. The lowest BCUT2D eigenvalue weighted by atomic mass is 10.2. The van der Waals surface area contributed by atoms with Crippen molar-refractivity contribution in [3.05, 3.63) is 59.9 Å². The van der Waals surface area contributed by atoms with Crippen LogP contribution in [-0.4, -0.2) is 52.6 Å². The molecule has 0 radical (unpaired) electrons. The van der Waals surface area contributed by atoms with Crippen LogP contribution in [0.15, 0.2) is 43.0 Å². The first-order valence-electron chi connectivity index (χ1n) is 9.08. The second-order valence-corrected chi connectivity index (χ2v) is 6.67. The molecular formula is C20H25N7O. The van der Waals surface area contributed by atoms with Crippen molar-refractivity contribution in [2.45, 2.75) is 13.8 Å². The summed E-state index contributed by atoms with van der Waals surface area (Å²) < 4.78 is 1.92. The maximum absolute atomic E-state index is 12.2. The largest absolute Gasteiger partial charge is 0.378 e.